The predicted octanol–water partition coefficient (Wildman–Crippen LogP) is 3.46. The van der Waals surface area contributed by atoms with E-state index in [1.807, 2.05) is 4.40 Å². The molecule has 3 rings (SSSR count). The molecule has 2 aromatic heterocycles. The van der Waals surface area contributed by atoms with Crippen LogP contribution >= 0.6 is 11.6 Å². The van der Waals surface area contributed by atoms with Crippen LogP contribution in [0.4, 0.5) is 0 Å². The van der Waals surface area contributed by atoms with Crippen LogP contribution in [-0.4, -0.2) is 27.7 Å². The van der Waals surface area contributed by atoms with Crippen molar-refractivity contribution in [2.45, 2.75) is 38.5 Å². The van der Waals surface area contributed by atoms with Gasteiger partial charge in [0.05, 0.1) is 17.7 Å². The lowest BCUT2D eigenvalue weighted by Gasteiger charge is -2.24. The monoisotopic (exact) mass is 307 g/mol. The zero-order valence-corrected chi connectivity index (χ0v) is 12.9. The maximum Gasteiger partial charge on any atom is 0.339 e. The summed E-state index contributed by atoms with van der Waals surface area (Å²) < 4.78 is 6.61. The normalized spacial score (nSPS) is 22.4. The van der Waals surface area contributed by atoms with Crippen LogP contribution in [0.3, 0.4) is 0 Å². The largest absolute Gasteiger partial charge is 0.465 e. The van der Waals surface area contributed by atoms with Crippen molar-refractivity contribution in [2.75, 3.05) is 7.11 Å². The Hall–Kier alpha value is -1.62. The maximum atomic E-state index is 11.7. The van der Waals surface area contributed by atoms with Gasteiger partial charge in [-0.05, 0) is 24.8 Å². The van der Waals surface area contributed by atoms with Gasteiger partial charge in [-0.1, -0.05) is 31.4 Å². The van der Waals surface area contributed by atoms with Crippen molar-refractivity contribution in [1.29, 1.82) is 0 Å². The zero-order valence-electron chi connectivity index (χ0n) is 12.2. The van der Waals surface area contributed by atoms with Crippen LogP contribution in [0.5, 0.6) is 0 Å². The second-order valence-corrected chi connectivity index (χ2v) is 6.18. The summed E-state index contributed by atoms with van der Waals surface area (Å²) in [6.45, 7) is 2.28. The minimum absolute atomic E-state index is 0.375. The molecular formula is C15H18ClN3O2. The fraction of sp³-hybridized carbons (Fsp3) is 0.533. The first kappa shape index (κ1) is 14.3. The van der Waals surface area contributed by atoms with Gasteiger partial charge in [-0.25, -0.2) is 4.79 Å². The van der Waals surface area contributed by atoms with Crippen molar-refractivity contribution in [3.8, 4) is 0 Å². The Bertz CT molecular complexity index is 675. The number of ether oxygens (including phenoxy) is 1. The first-order valence-electron chi connectivity index (χ1n) is 7.22. The molecule has 1 aliphatic rings. The number of rotatable bonds is 2. The van der Waals surface area contributed by atoms with E-state index in [1.54, 1.807) is 12.3 Å². The highest BCUT2D eigenvalue weighted by Crippen LogP contribution is 2.35. The highest BCUT2D eigenvalue weighted by Gasteiger charge is 2.25. The molecule has 5 nitrogen and oxygen atoms in total. The maximum absolute atomic E-state index is 11.7. The van der Waals surface area contributed by atoms with Gasteiger partial charge >= 0.3 is 5.97 Å². The molecule has 1 saturated carbocycles. The van der Waals surface area contributed by atoms with E-state index in [4.69, 9.17) is 16.3 Å². The van der Waals surface area contributed by atoms with Gasteiger partial charge in [0, 0.05) is 12.1 Å². The molecule has 112 valence electrons. The van der Waals surface area contributed by atoms with Crippen molar-refractivity contribution in [1.82, 2.24) is 14.6 Å². The van der Waals surface area contributed by atoms with Gasteiger partial charge in [-0.3, -0.25) is 4.40 Å². The number of aromatic nitrogens is 3. The zero-order chi connectivity index (χ0) is 15.0. The lowest BCUT2D eigenvalue weighted by Crippen LogP contribution is -2.14. The molecule has 21 heavy (non-hydrogen) atoms. The van der Waals surface area contributed by atoms with E-state index in [-0.39, 0.29) is 0 Å². The molecular weight excluding hydrogens is 290 g/mol. The van der Waals surface area contributed by atoms with E-state index in [2.05, 4.69) is 17.1 Å². The lowest BCUT2D eigenvalue weighted by molar-refractivity contribution is 0.0600. The Morgan fingerprint density at radius 1 is 1.33 bits per heavy atom. The molecule has 0 atom stereocenters. The van der Waals surface area contributed by atoms with Crippen LogP contribution in [0, 0.1) is 5.92 Å². The Morgan fingerprint density at radius 2 is 2.05 bits per heavy atom. The second-order valence-electron chi connectivity index (χ2n) is 5.78. The second kappa shape index (κ2) is 5.64. The van der Waals surface area contributed by atoms with Crippen molar-refractivity contribution >= 4 is 23.2 Å². The van der Waals surface area contributed by atoms with Crippen molar-refractivity contribution < 1.29 is 9.53 Å². The molecule has 0 N–H and O–H groups in total. The van der Waals surface area contributed by atoms with Crippen LogP contribution in [-0.2, 0) is 4.74 Å². The topological polar surface area (TPSA) is 56.5 Å². The molecule has 0 amide bonds. The van der Waals surface area contributed by atoms with Crippen LogP contribution in [0.15, 0.2) is 12.3 Å². The summed E-state index contributed by atoms with van der Waals surface area (Å²) in [6, 6.07) is 1.57. The summed E-state index contributed by atoms with van der Waals surface area (Å²) in [4.78, 5) is 11.7. The first-order valence-corrected chi connectivity index (χ1v) is 7.60. The van der Waals surface area contributed by atoms with Gasteiger partial charge in [-0.15, -0.1) is 10.2 Å². The van der Waals surface area contributed by atoms with Gasteiger partial charge in [0.1, 0.15) is 5.82 Å². The minimum atomic E-state index is -0.407. The van der Waals surface area contributed by atoms with Crippen LogP contribution < -0.4 is 0 Å². The number of nitrogens with zero attached hydrogens (tertiary/aromatic N) is 3. The van der Waals surface area contributed by atoms with Crippen LogP contribution in [0.25, 0.3) is 5.65 Å². The standard InChI is InChI=1S/C15H18ClN3O2/c1-9-3-5-10(6-4-9)13-17-18-14-12(16)7-11(8-19(13)14)15(20)21-2/h7-10H,3-6H2,1-2H3. The third-order valence-electron chi connectivity index (χ3n) is 4.29. The SMILES string of the molecule is COC(=O)c1cc(Cl)c2nnc(C3CCC(C)CC3)n2c1. The van der Waals surface area contributed by atoms with E-state index in [0.717, 1.165) is 24.6 Å². The van der Waals surface area contributed by atoms with Gasteiger partial charge in [0.15, 0.2) is 5.65 Å². The third kappa shape index (κ3) is 2.62. The molecule has 2 heterocycles. The third-order valence-corrected chi connectivity index (χ3v) is 4.57. The van der Waals surface area contributed by atoms with Crippen molar-refractivity contribution in [3.63, 3.8) is 0 Å². The Kier molecular flexibility index (Phi) is 3.85. The average Bonchev–Trinajstić information content (AvgIpc) is 2.91. The molecule has 2 aromatic rings. The predicted molar refractivity (Wildman–Crippen MR) is 79.7 cm³/mol. The fourth-order valence-corrected chi connectivity index (χ4v) is 3.24. The number of halogens is 1. The highest BCUT2D eigenvalue weighted by molar-refractivity contribution is 6.33. The van der Waals surface area contributed by atoms with Crippen LogP contribution in [0.1, 0.15) is 54.7 Å². The van der Waals surface area contributed by atoms with E-state index in [1.165, 1.54) is 20.0 Å². The number of carbonyl (C=O) groups is 1. The summed E-state index contributed by atoms with van der Waals surface area (Å²) in [5, 5.41) is 8.89. The smallest absolute Gasteiger partial charge is 0.339 e. The number of methoxy groups -OCH3 is 1. The summed E-state index contributed by atoms with van der Waals surface area (Å²) >= 11 is 6.21. The number of fused-ring (bicyclic) bond motifs is 1. The molecule has 0 radical (unpaired) electrons. The van der Waals surface area contributed by atoms with Gasteiger partial charge < -0.3 is 4.74 Å². The highest BCUT2D eigenvalue weighted by atomic mass is 35.5. The minimum Gasteiger partial charge on any atom is -0.465 e. The number of esters is 1. The molecule has 1 fully saturated rings. The fourth-order valence-electron chi connectivity index (χ4n) is 3.00. The van der Waals surface area contributed by atoms with E-state index >= 15 is 0 Å². The first-order chi connectivity index (χ1) is 10.1. The molecule has 0 bridgehead atoms. The number of pyridine rings is 1. The van der Waals surface area contributed by atoms with Crippen molar-refractivity contribution in [2.24, 2.45) is 5.92 Å². The number of carbonyl (C=O) groups excluding carboxylic acids is 1. The van der Waals surface area contributed by atoms with Gasteiger partial charge in [-0.2, -0.15) is 0 Å². The molecule has 6 heteroatoms. The van der Waals surface area contributed by atoms with E-state index < -0.39 is 5.97 Å². The Labute approximate surface area is 128 Å². The van der Waals surface area contributed by atoms with Crippen LogP contribution in [0.2, 0.25) is 5.02 Å². The molecule has 0 aliphatic heterocycles. The summed E-state index contributed by atoms with van der Waals surface area (Å²) in [5.41, 5.74) is 1.01. The molecule has 0 unspecified atom stereocenters. The average molecular weight is 308 g/mol. The summed E-state index contributed by atoms with van der Waals surface area (Å²) in [6.07, 6.45) is 6.32. The molecule has 0 aromatic carbocycles. The summed E-state index contributed by atoms with van der Waals surface area (Å²) in [5.74, 6) is 1.63. The molecule has 0 spiro atoms. The van der Waals surface area contributed by atoms with Crippen molar-refractivity contribution in [3.05, 3.63) is 28.7 Å². The summed E-state index contributed by atoms with van der Waals surface area (Å²) in [7, 11) is 1.36. The quantitative estimate of drug-likeness (QED) is 0.797. The molecule has 1 aliphatic carbocycles. The number of hydrogen-bond acceptors (Lipinski definition) is 4. The lowest BCUT2D eigenvalue weighted by atomic mass is 9.82. The van der Waals surface area contributed by atoms with Gasteiger partial charge in [0.2, 0.25) is 0 Å². The van der Waals surface area contributed by atoms with E-state index in [0.29, 0.717) is 22.2 Å². The Balaban J connectivity index is 2.03. The number of hydrogen-bond donors (Lipinski definition) is 0. The van der Waals surface area contributed by atoms with Gasteiger partial charge in [0.25, 0.3) is 0 Å². The van der Waals surface area contributed by atoms with E-state index in [9.17, 15) is 4.79 Å². The molecule has 0 saturated heterocycles. The Morgan fingerprint density at radius 3 is 2.71 bits per heavy atom.